The van der Waals surface area contributed by atoms with Crippen LogP contribution in [0.3, 0.4) is 0 Å². The summed E-state index contributed by atoms with van der Waals surface area (Å²) in [6.07, 6.45) is -2.88. The van der Waals surface area contributed by atoms with Gasteiger partial charge >= 0.3 is 12.3 Å². The molecule has 0 atom stereocenters. The van der Waals surface area contributed by atoms with Gasteiger partial charge in [-0.15, -0.1) is 0 Å². The highest BCUT2D eigenvalue weighted by atomic mass is 19.4. The largest absolute Gasteiger partial charge is 0.444 e. The van der Waals surface area contributed by atoms with Gasteiger partial charge in [0.15, 0.2) is 0 Å². The lowest BCUT2D eigenvalue weighted by molar-refractivity contribution is -0.127. The Morgan fingerprint density at radius 1 is 1.12 bits per heavy atom. The zero-order chi connectivity index (χ0) is 25.0. The lowest BCUT2D eigenvalue weighted by atomic mass is 9.96. The summed E-state index contributed by atoms with van der Waals surface area (Å²) in [6.45, 7) is 11.4. The number of ether oxygens (including phenoxy) is 1. The highest BCUT2D eigenvalue weighted by Crippen LogP contribution is 2.35. The van der Waals surface area contributed by atoms with Crippen molar-refractivity contribution in [3.8, 4) is 11.1 Å². The van der Waals surface area contributed by atoms with Crippen LogP contribution >= 0.6 is 0 Å². The topological polar surface area (TPSA) is 41.6 Å². The summed E-state index contributed by atoms with van der Waals surface area (Å²) >= 11 is 0. The quantitative estimate of drug-likeness (QED) is 0.475. The second kappa shape index (κ2) is 10.3. The molecule has 0 saturated carbocycles. The molecule has 2 rings (SSSR count). The first-order valence-corrected chi connectivity index (χ1v) is 10.9. The SMILES string of the molecule is CC/C(C)=C/N(C)c1cc(NC(=O)OC(C)(C)C)cc(-c2ccc(CC(F)(F)F)cc2)c1C. The van der Waals surface area contributed by atoms with Gasteiger partial charge in [-0.2, -0.15) is 13.2 Å². The molecule has 0 radical (unpaired) electrons. The number of anilines is 2. The number of hydrogen-bond acceptors (Lipinski definition) is 3. The predicted molar refractivity (Wildman–Crippen MR) is 129 cm³/mol. The van der Waals surface area contributed by atoms with E-state index >= 15 is 0 Å². The third-order valence-corrected chi connectivity index (χ3v) is 5.05. The molecule has 7 heteroatoms. The Labute approximate surface area is 194 Å². The fraction of sp³-hybridized carbons (Fsp3) is 0.423. The van der Waals surface area contributed by atoms with Gasteiger partial charge in [-0.05, 0) is 75.4 Å². The predicted octanol–water partition coefficient (Wildman–Crippen LogP) is 7.86. The molecule has 33 heavy (non-hydrogen) atoms. The molecule has 0 fully saturated rings. The summed E-state index contributed by atoms with van der Waals surface area (Å²) in [5.41, 5.74) is 4.65. The van der Waals surface area contributed by atoms with E-state index in [0.717, 1.165) is 28.8 Å². The summed E-state index contributed by atoms with van der Waals surface area (Å²) in [5.74, 6) is 0. The van der Waals surface area contributed by atoms with Gasteiger partial charge in [0.1, 0.15) is 5.60 Å². The molecule has 0 bridgehead atoms. The highest BCUT2D eigenvalue weighted by molar-refractivity contribution is 5.89. The number of hydrogen-bond donors (Lipinski definition) is 1. The van der Waals surface area contributed by atoms with E-state index in [-0.39, 0.29) is 5.56 Å². The number of nitrogens with one attached hydrogen (secondary N) is 1. The minimum Gasteiger partial charge on any atom is -0.444 e. The maximum atomic E-state index is 12.7. The van der Waals surface area contributed by atoms with E-state index in [9.17, 15) is 18.0 Å². The molecular weight excluding hydrogens is 429 g/mol. The van der Waals surface area contributed by atoms with Crippen molar-refractivity contribution in [3.05, 3.63) is 59.3 Å². The minimum atomic E-state index is -4.26. The number of carbonyl (C=O) groups excluding carboxylic acids is 1. The van der Waals surface area contributed by atoms with Crippen LogP contribution in [0.5, 0.6) is 0 Å². The van der Waals surface area contributed by atoms with Gasteiger partial charge in [-0.3, -0.25) is 5.32 Å². The highest BCUT2D eigenvalue weighted by Gasteiger charge is 2.27. The smallest absolute Gasteiger partial charge is 0.412 e. The van der Waals surface area contributed by atoms with Crippen molar-refractivity contribution in [1.29, 1.82) is 0 Å². The number of nitrogens with zero attached hydrogens (tertiary/aromatic N) is 1. The first-order valence-electron chi connectivity index (χ1n) is 10.9. The fourth-order valence-electron chi connectivity index (χ4n) is 3.38. The maximum absolute atomic E-state index is 12.7. The van der Waals surface area contributed by atoms with Crippen molar-refractivity contribution in [2.45, 2.75) is 66.2 Å². The molecule has 0 aliphatic rings. The molecule has 2 aromatic rings. The Hall–Kier alpha value is -2.96. The van der Waals surface area contributed by atoms with Crippen molar-refractivity contribution in [2.24, 2.45) is 0 Å². The molecule has 0 spiro atoms. The van der Waals surface area contributed by atoms with Crippen LogP contribution in [-0.4, -0.2) is 24.9 Å². The molecule has 4 nitrogen and oxygen atoms in total. The third kappa shape index (κ3) is 8.15. The molecule has 1 amide bonds. The van der Waals surface area contributed by atoms with E-state index in [1.807, 2.05) is 44.1 Å². The van der Waals surface area contributed by atoms with Crippen molar-refractivity contribution >= 4 is 17.5 Å². The van der Waals surface area contributed by atoms with E-state index in [0.29, 0.717) is 5.69 Å². The van der Waals surface area contributed by atoms with E-state index in [1.54, 1.807) is 32.9 Å². The lowest BCUT2D eigenvalue weighted by Crippen LogP contribution is -2.27. The zero-order valence-electron chi connectivity index (χ0n) is 20.4. The molecule has 1 N–H and O–H groups in total. The number of alkyl halides is 3. The first-order chi connectivity index (χ1) is 15.2. The van der Waals surface area contributed by atoms with Gasteiger partial charge in [0.2, 0.25) is 0 Å². The van der Waals surface area contributed by atoms with Gasteiger partial charge in [-0.1, -0.05) is 36.8 Å². The number of halogens is 3. The Morgan fingerprint density at radius 2 is 1.73 bits per heavy atom. The van der Waals surface area contributed by atoms with E-state index in [1.165, 1.54) is 17.7 Å². The Morgan fingerprint density at radius 3 is 2.24 bits per heavy atom. The standard InChI is InChI=1S/C26H33F3N2O2/c1-8-17(2)16-31(7)23-14-21(30-24(32)33-25(4,5)6)13-22(18(23)3)20-11-9-19(10-12-20)15-26(27,28)29/h9-14,16H,8,15H2,1-7H3,(H,30,32)/b17-16+. The van der Waals surface area contributed by atoms with Crippen LogP contribution in [0.1, 0.15) is 52.2 Å². The van der Waals surface area contributed by atoms with Crippen LogP contribution in [-0.2, 0) is 11.2 Å². The second-order valence-electron chi connectivity index (χ2n) is 9.22. The van der Waals surface area contributed by atoms with Gasteiger partial charge < -0.3 is 9.64 Å². The van der Waals surface area contributed by atoms with Gasteiger partial charge in [0, 0.05) is 24.6 Å². The number of carbonyl (C=O) groups is 1. The van der Waals surface area contributed by atoms with Crippen LogP contribution in [0.2, 0.25) is 0 Å². The van der Waals surface area contributed by atoms with Crippen molar-refractivity contribution in [2.75, 3.05) is 17.3 Å². The van der Waals surface area contributed by atoms with Crippen molar-refractivity contribution in [1.82, 2.24) is 0 Å². The average molecular weight is 463 g/mol. The van der Waals surface area contributed by atoms with Gasteiger partial charge in [0.05, 0.1) is 6.42 Å². The Balaban J connectivity index is 2.52. The number of allylic oxidation sites excluding steroid dienone is 1. The van der Waals surface area contributed by atoms with Crippen molar-refractivity contribution in [3.63, 3.8) is 0 Å². The summed E-state index contributed by atoms with van der Waals surface area (Å²) < 4.78 is 43.6. The number of rotatable bonds is 6. The van der Waals surface area contributed by atoms with Crippen molar-refractivity contribution < 1.29 is 22.7 Å². The number of benzene rings is 2. The summed E-state index contributed by atoms with van der Waals surface area (Å²) in [5, 5.41) is 2.78. The normalized spacial score (nSPS) is 12.5. The Bertz CT molecular complexity index is 1000. The third-order valence-electron chi connectivity index (χ3n) is 5.05. The van der Waals surface area contributed by atoms with Gasteiger partial charge in [0.25, 0.3) is 0 Å². The van der Waals surface area contributed by atoms with Crippen LogP contribution in [0.15, 0.2) is 48.2 Å². The molecule has 0 saturated heterocycles. The maximum Gasteiger partial charge on any atom is 0.412 e. The monoisotopic (exact) mass is 462 g/mol. The van der Waals surface area contributed by atoms with E-state index in [4.69, 9.17) is 4.74 Å². The van der Waals surface area contributed by atoms with Crippen LogP contribution in [0, 0.1) is 6.92 Å². The van der Waals surface area contributed by atoms with Gasteiger partial charge in [-0.25, -0.2) is 4.79 Å². The summed E-state index contributed by atoms with van der Waals surface area (Å²) in [7, 11) is 1.93. The van der Waals surface area contributed by atoms with E-state index in [2.05, 4.69) is 12.2 Å². The molecule has 2 aromatic carbocycles. The van der Waals surface area contributed by atoms with Crippen LogP contribution in [0.25, 0.3) is 11.1 Å². The molecule has 0 unspecified atom stereocenters. The fourth-order valence-corrected chi connectivity index (χ4v) is 3.38. The zero-order valence-corrected chi connectivity index (χ0v) is 20.4. The lowest BCUT2D eigenvalue weighted by Gasteiger charge is -2.24. The average Bonchev–Trinajstić information content (AvgIpc) is 2.67. The molecule has 0 aliphatic carbocycles. The molecule has 0 heterocycles. The summed E-state index contributed by atoms with van der Waals surface area (Å²) in [6, 6.07) is 10.0. The number of amides is 1. The second-order valence-corrected chi connectivity index (χ2v) is 9.22. The van der Waals surface area contributed by atoms with Crippen LogP contribution in [0.4, 0.5) is 29.3 Å². The molecule has 0 aromatic heterocycles. The molecule has 0 aliphatic heterocycles. The Kier molecular flexibility index (Phi) is 8.22. The molecule has 180 valence electrons. The molecular formula is C26H33F3N2O2. The van der Waals surface area contributed by atoms with Crippen LogP contribution < -0.4 is 10.2 Å². The minimum absolute atomic E-state index is 0.200. The van der Waals surface area contributed by atoms with E-state index < -0.39 is 24.3 Å². The summed E-state index contributed by atoms with van der Waals surface area (Å²) in [4.78, 5) is 14.4. The first kappa shape index (κ1) is 26.3.